The van der Waals surface area contributed by atoms with Crippen molar-refractivity contribution in [3.8, 4) is 0 Å². The monoisotopic (exact) mass is 380 g/mol. The first-order valence-electron chi connectivity index (χ1n) is 8.22. The number of para-hydroxylation sites is 2. The van der Waals surface area contributed by atoms with Crippen LogP contribution < -0.4 is 0 Å². The number of aromatic nitrogens is 2. The molecule has 0 radical (unpaired) electrons. The van der Waals surface area contributed by atoms with Crippen molar-refractivity contribution in [2.45, 2.75) is 6.54 Å². The Balaban J connectivity index is 0.00000196. The molecule has 130 valence electrons. The average molecular weight is 381 g/mol. The van der Waals surface area contributed by atoms with Crippen LogP contribution in [0.1, 0.15) is 17.0 Å². The number of nitrogens with zero attached hydrogens (tertiary/aromatic N) is 2. The van der Waals surface area contributed by atoms with E-state index in [2.05, 4.69) is 47.1 Å². The Labute approximate surface area is 164 Å². The lowest BCUT2D eigenvalue weighted by atomic mass is 10.2. The van der Waals surface area contributed by atoms with Crippen LogP contribution >= 0.6 is 24.0 Å². The second-order valence-electron chi connectivity index (χ2n) is 5.92. The molecule has 0 atom stereocenters. The van der Waals surface area contributed by atoms with E-state index >= 15 is 0 Å². The molecule has 2 nitrogen and oxygen atoms in total. The molecular formula is C22H18Cl2N2. The Morgan fingerprint density at radius 1 is 0.808 bits per heavy atom. The summed E-state index contributed by atoms with van der Waals surface area (Å²) in [6.45, 7) is 0.756. The summed E-state index contributed by atoms with van der Waals surface area (Å²) in [5.74, 6) is 0.944. The van der Waals surface area contributed by atoms with Crippen molar-refractivity contribution < 1.29 is 0 Å². The van der Waals surface area contributed by atoms with E-state index in [1.807, 2.05) is 48.5 Å². The highest BCUT2D eigenvalue weighted by atomic mass is 35.5. The van der Waals surface area contributed by atoms with Gasteiger partial charge in [-0.05, 0) is 41.5 Å². The third-order valence-corrected chi connectivity index (χ3v) is 4.41. The van der Waals surface area contributed by atoms with E-state index in [1.54, 1.807) is 0 Å². The molecule has 0 saturated heterocycles. The predicted molar refractivity (Wildman–Crippen MR) is 113 cm³/mol. The highest BCUT2D eigenvalue weighted by molar-refractivity contribution is 6.30. The average Bonchev–Trinajstić information content (AvgIpc) is 3.00. The van der Waals surface area contributed by atoms with Crippen molar-refractivity contribution in [2.24, 2.45) is 0 Å². The summed E-state index contributed by atoms with van der Waals surface area (Å²) in [4.78, 5) is 4.79. The Morgan fingerprint density at radius 3 is 2.27 bits per heavy atom. The molecule has 0 saturated carbocycles. The molecule has 0 N–H and O–H groups in total. The zero-order chi connectivity index (χ0) is 17.1. The summed E-state index contributed by atoms with van der Waals surface area (Å²) in [6, 6.07) is 26.5. The Morgan fingerprint density at radius 2 is 1.50 bits per heavy atom. The Bertz CT molecular complexity index is 1020. The van der Waals surface area contributed by atoms with Gasteiger partial charge in [-0.15, -0.1) is 12.4 Å². The standard InChI is InChI=1S/C22H17ClN2.ClH/c23-19-13-10-18(11-14-19)16-25-21-9-5-4-8-20(21)24-22(25)15-12-17-6-2-1-3-7-17;/h1-15H,16H2;1H. The number of benzene rings is 3. The van der Waals surface area contributed by atoms with E-state index in [-0.39, 0.29) is 12.4 Å². The van der Waals surface area contributed by atoms with Crippen LogP contribution in [-0.4, -0.2) is 9.55 Å². The summed E-state index contributed by atoms with van der Waals surface area (Å²) in [5, 5.41) is 0.753. The molecule has 4 heteroatoms. The topological polar surface area (TPSA) is 17.8 Å². The highest BCUT2D eigenvalue weighted by Gasteiger charge is 2.08. The molecule has 26 heavy (non-hydrogen) atoms. The van der Waals surface area contributed by atoms with Crippen LogP contribution in [0.4, 0.5) is 0 Å². The van der Waals surface area contributed by atoms with Gasteiger partial charge >= 0.3 is 0 Å². The van der Waals surface area contributed by atoms with Crippen LogP contribution in [0, 0.1) is 0 Å². The predicted octanol–water partition coefficient (Wildman–Crippen LogP) is 6.33. The van der Waals surface area contributed by atoms with Gasteiger partial charge in [-0.1, -0.05) is 72.3 Å². The normalized spacial score (nSPS) is 11.0. The van der Waals surface area contributed by atoms with Crippen molar-refractivity contribution in [2.75, 3.05) is 0 Å². The molecule has 4 aromatic rings. The zero-order valence-corrected chi connectivity index (χ0v) is 15.6. The van der Waals surface area contributed by atoms with E-state index in [1.165, 1.54) is 5.56 Å². The van der Waals surface area contributed by atoms with Gasteiger partial charge in [0.25, 0.3) is 0 Å². The van der Waals surface area contributed by atoms with E-state index in [4.69, 9.17) is 16.6 Å². The fraction of sp³-hybridized carbons (Fsp3) is 0.0455. The van der Waals surface area contributed by atoms with Crippen molar-refractivity contribution in [1.29, 1.82) is 0 Å². The summed E-state index contributed by atoms with van der Waals surface area (Å²) in [6.07, 6.45) is 4.17. The van der Waals surface area contributed by atoms with Crippen LogP contribution in [0.25, 0.3) is 23.2 Å². The second-order valence-corrected chi connectivity index (χ2v) is 6.35. The molecule has 0 spiro atoms. The van der Waals surface area contributed by atoms with Crippen molar-refractivity contribution in [3.05, 3.63) is 101 Å². The van der Waals surface area contributed by atoms with Gasteiger partial charge < -0.3 is 4.57 Å². The quantitative estimate of drug-likeness (QED) is 0.404. The third-order valence-electron chi connectivity index (χ3n) is 4.16. The van der Waals surface area contributed by atoms with Gasteiger partial charge in [0.1, 0.15) is 5.82 Å². The van der Waals surface area contributed by atoms with Gasteiger partial charge in [0.15, 0.2) is 0 Å². The maximum absolute atomic E-state index is 6.01. The number of imidazole rings is 1. The van der Waals surface area contributed by atoms with Crippen LogP contribution in [0.5, 0.6) is 0 Å². The Kier molecular flexibility index (Phi) is 5.77. The highest BCUT2D eigenvalue weighted by Crippen LogP contribution is 2.20. The number of halogens is 2. The first-order valence-corrected chi connectivity index (χ1v) is 8.60. The first kappa shape index (κ1) is 18.2. The number of rotatable bonds is 4. The minimum Gasteiger partial charge on any atom is -0.320 e. The van der Waals surface area contributed by atoms with Gasteiger partial charge in [0.05, 0.1) is 11.0 Å². The van der Waals surface area contributed by atoms with E-state index < -0.39 is 0 Å². The summed E-state index contributed by atoms with van der Waals surface area (Å²) >= 11 is 6.01. The van der Waals surface area contributed by atoms with Gasteiger partial charge in [0, 0.05) is 11.6 Å². The number of hydrogen-bond donors (Lipinski definition) is 0. The number of hydrogen-bond acceptors (Lipinski definition) is 1. The molecule has 0 aliphatic heterocycles. The van der Waals surface area contributed by atoms with Crippen LogP contribution in [0.15, 0.2) is 78.9 Å². The molecule has 0 bridgehead atoms. The molecule has 0 fully saturated rings. The minimum atomic E-state index is 0. The fourth-order valence-electron chi connectivity index (χ4n) is 2.89. The van der Waals surface area contributed by atoms with Crippen molar-refractivity contribution in [1.82, 2.24) is 9.55 Å². The van der Waals surface area contributed by atoms with E-state index in [9.17, 15) is 0 Å². The van der Waals surface area contributed by atoms with E-state index in [0.29, 0.717) is 0 Å². The lowest BCUT2D eigenvalue weighted by Gasteiger charge is -2.07. The molecule has 0 amide bonds. The largest absolute Gasteiger partial charge is 0.320 e. The van der Waals surface area contributed by atoms with Crippen molar-refractivity contribution in [3.63, 3.8) is 0 Å². The van der Waals surface area contributed by atoms with Crippen LogP contribution in [0.3, 0.4) is 0 Å². The molecule has 4 rings (SSSR count). The maximum atomic E-state index is 6.01. The van der Waals surface area contributed by atoms with Crippen molar-refractivity contribution >= 4 is 47.2 Å². The zero-order valence-electron chi connectivity index (χ0n) is 14.0. The summed E-state index contributed by atoms with van der Waals surface area (Å²) < 4.78 is 2.23. The molecule has 1 heterocycles. The van der Waals surface area contributed by atoms with Gasteiger partial charge in [-0.25, -0.2) is 4.98 Å². The smallest absolute Gasteiger partial charge is 0.134 e. The lowest BCUT2D eigenvalue weighted by molar-refractivity contribution is 0.814. The SMILES string of the molecule is Cl.Clc1ccc(Cn2c(C=Cc3ccccc3)nc3ccccc32)cc1. The fourth-order valence-corrected chi connectivity index (χ4v) is 3.02. The first-order chi connectivity index (χ1) is 12.3. The molecule has 0 unspecified atom stereocenters. The van der Waals surface area contributed by atoms with E-state index in [0.717, 1.165) is 34.0 Å². The molecule has 0 aliphatic carbocycles. The summed E-state index contributed by atoms with van der Waals surface area (Å²) in [5.41, 5.74) is 4.49. The summed E-state index contributed by atoms with van der Waals surface area (Å²) in [7, 11) is 0. The lowest BCUT2D eigenvalue weighted by Crippen LogP contribution is -2.02. The van der Waals surface area contributed by atoms with Crippen LogP contribution in [-0.2, 0) is 6.54 Å². The van der Waals surface area contributed by atoms with Gasteiger partial charge in [0.2, 0.25) is 0 Å². The molecule has 3 aromatic carbocycles. The third kappa shape index (κ3) is 3.98. The second kappa shape index (κ2) is 8.22. The number of fused-ring (bicyclic) bond motifs is 1. The minimum absolute atomic E-state index is 0. The van der Waals surface area contributed by atoms with Gasteiger partial charge in [-0.3, -0.25) is 0 Å². The van der Waals surface area contributed by atoms with Crippen LogP contribution in [0.2, 0.25) is 5.02 Å². The molecular weight excluding hydrogens is 363 g/mol. The molecule has 1 aromatic heterocycles. The molecule has 0 aliphatic rings. The van der Waals surface area contributed by atoms with Gasteiger partial charge in [-0.2, -0.15) is 0 Å². The Hall–Kier alpha value is -2.55. The maximum Gasteiger partial charge on any atom is 0.134 e.